The summed E-state index contributed by atoms with van der Waals surface area (Å²) in [5.74, 6) is 0.934. The van der Waals surface area contributed by atoms with Gasteiger partial charge < -0.3 is 20.8 Å². The molecule has 3 rings (SSSR count). The van der Waals surface area contributed by atoms with E-state index in [2.05, 4.69) is 39.9 Å². The number of carbonyl (C=O) groups excluding carboxylic acids is 1. The zero-order valence-electron chi connectivity index (χ0n) is 14.8. The van der Waals surface area contributed by atoms with Crippen LogP contribution >= 0.6 is 11.8 Å². The van der Waals surface area contributed by atoms with Crippen molar-refractivity contribution >= 4 is 23.6 Å². The molecular weight excluding hydrogens is 348 g/mol. The number of primary amides is 1. The van der Waals surface area contributed by atoms with E-state index in [9.17, 15) is 4.79 Å². The van der Waals surface area contributed by atoms with Crippen LogP contribution in [0.5, 0.6) is 0 Å². The first kappa shape index (κ1) is 18.4. The summed E-state index contributed by atoms with van der Waals surface area (Å²) in [5, 5.41) is 6.67. The van der Waals surface area contributed by atoms with Crippen LogP contribution in [-0.4, -0.2) is 29.7 Å². The Balaban J connectivity index is 1.56. The van der Waals surface area contributed by atoms with Crippen LogP contribution in [0.15, 0.2) is 56.8 Å². The van der Waals surface area contributed by atoms with Crippen LogP contribution in [0.2, 0.25) is 0 Å². The average molecular weight is 372 g/mol. The van der Waals surface area contributed by atoms with Crippen LogP contribution in [0, 0.1) is 0 Å². The molecule has 1 aliphatic rings. The number of thioether (sulfide) groups is 1. The molecule has 0 aliphatic heterocycles. The van der Waals surface area contributed by atoms with Crippen molar-refractivity contribution in [3.63, 3.8) is 0 Å². The van der Waals surface area contributed by atoms with Crippen molar-refractivity contribution in [1.29, 1.82) is 0 Å². The monoisotopic (exact) mass is 372 g/mol. The summed E-state index contributed by atoms with van der Waals surface area (Å²) in [5.41, 5.74) is 5.20. The van der Waals surface area contributed by atoms with Gasteiger partial charge in [-0.15, -0.1) is 11.8 Å². The molecule has 1 fully saturated rings. The third-order valence-electron chi connectivity index (χ3n) is 4.10. The number of nitrogens with two attached hydrogens (primary N) is 1. The number of hydrogen-bond donors (Lipinski definition) is 3. The van der Waals surface area contributed by atoms with Gasteiger partial charge in [-0.25, -0.2) is 4.99 Å². The molecular formula is C19H24N4O2S. The number of rotatable bonds is 8. The van der Waals surface area contributed by atoms with E-state index >= 15 is 0 Å². The fourth-order valence-electron chi connectivity index (χ4n) is 2.53. The van der Waals surface area contributed by atoms with E-state index in [-0.39, 0.29) is 10.5 Å². The minimum atomic E-state index is -0.570. The number of guanidine groups is 1. The van der Waals surface area contributed by atoms with E-state index in [1.54, 1.807) is 12.1 Å². The molecule has 138 valence electrons. The largest absolute Gasteiger partial charge is 0.454 e. The Morgan fingerprint density at radius 3 is 2.62 bits per heavy atom. The molecule has 0 spiro atoms. The Morgan fingerprint density at radius 1 is 1.23 bits per heavy atom. The fraction of sp³-hybridized carbons (Fsp3) is 0.368. The maximum absolute atomic E-state index is 11.1. The lowest BCUT2D eigenvalue weighted by molar-refractivity contribution is 0.0972. The minimum absolute atomic E-state index is 0.157. The highest BCUT2D eigenvalue weighted by molar-refractivity contribution is 8.01. The number of nitrogens with one attached hydrogen (secondary N) is 2. The second-order valence-electron chi connectivity index (χ2n) is 6.28. The molecule has 0 atom stereocenters. The van der Waals surface area contributed by atoms with Gasteiger partial charge in [-0.05, 0) is 44.0 Å². The van der Waals surface area contributed by atoms with Gasteiger partial charge in [-0.3, -0.25) is 4.79 Å². The second kappa shape index (κ2) is 8.31. The van der Waals surface area contributed by atoms with Crippen molar-refractivity contribution in [2.24, 2.45) is 10.7 Å². The van der Waals surface area contributed by atoms with Crippen LogP contribution in [0.4, 0.5) is 0 Å². The Labute approximate surface area is 157 Å². The van der Waals surface area contributed by atoms with Gasteiger partial charge in [0.25, 0.3) is 5.91 Å². The standard InChI is InChI=1S/C19H24N4O2S/c1-2-21-18(22-12-14-8-9-16(25-14)17(20)24)23-13-19(10-11-19)26-15-6-4-3-5-7-15/h3-9H,2,10-13H2,1H3,(H2,20,24)(H2,21,22,23). The summed E-state index contributed by atoms with van der Waals surface area (Å²) in [6.45, 7) is 4.00. The molecule has 1 amide bonds. The van der Waals surface area contributed by atoms with E-state index in [1.165, 1.54) is 17.7 Å². The van der Waals surface area contributed by atoms with E-state index in [1.807, 2.05) is 24.8 Å². The number of carbonyl (C=O) groups is 1. The minimum Gasteiger partial charge on any atom is -0.454 e. The predicted molar refractivity (Wildman–Crippen MR) is 104 cm³/mol. The lowest BCUT2D eigenvalue weighted by atomic mass is 10.4. The topological polar surface area (TPSA) is 92.6 Å². The summed E-state index contributed by atoms with van der Waals surface area (Å²) >= 11 is 1.92. The third kappa shape index (κ3) is 5.05. The number of benzene rings is 1. The zero-order valence-corrected chi connectivity index (χ0v) is 15.6. The first-order valence-electron chi connectivity index (χ1n) is 8.75. The molecule has 0 saturated heterocycles. The normalized spacial score (nSPS) is 15.5. The van der Waals surface area contributed by atoms with Gasteiger partial charge in [0.1, 0.15) is 12.3 Å². The summed E-state index contributed by atoms with van der Waals surface area (Å²) in [6, 6.07) is 13.8. The molecule has 0 radical (unpaired) electrons. The van der Waals surface area contributed by atoms with Crippen molar-refractivity contribution in [2.75, 3.05) is 13.1 Å². The van der Waals surface area contributed by atoms with Crippen LogP contribution in [-0.2, 0) is 6.54 Å². The smallest absolute Gasteiger partial charge is 0.284 e. The lowest BCUT2D eigenvalue weighted by Crippen LogP contribution is -2.41. The van der Waals surface area contributed by atoms with Crippen LogP contribution in [0.3, 0.4) is 0 Å². The molecule has 4 N–H and O–H groups in total. The Hall–Kier alpha value is -2.41. The van der Waals surface area contributed by atoms with Gasteiger partial charge in [0, 0.05) is 22.7 Å². The van der Waals surface area contributed by atoms with Crippen LogP contribution in [0.1, 0.15) is 36.1 Å². The maximum Gasteiger partial charge on any atom is 0.284 e. The summed E-state index contributed by atoms with van der Waals surface area (Å²) < 4.78 is 5.61. The van der Waals surface area contributed by atoms with Crippen LogP contribution in [0.25, 0.3) is 0 Å². The highest BCUT2D eigenvalue weighted by atomic mass is 32.2. The van der Waals surface area contributed by atoms with E-state index < -0.39 is 5.91 Å². The number of aliphatic imine (C=N–C) groups is 1. The zero-order chi connectivity index (χ0) is 18.4. The Bertz CT molecular complexity index is 769. The number of furan rings is 1. The van der Waals surface area contributed by atoms with E-state index in [0.29, 0.717) is 12.3 Å². The molecule has 0 unspecified atom stereocenters. The van der Waals surface area contributed by atoms with Gasteiger partial charge in [0.15, 0.2) is 11.7 Å². The molecule has 26 heavy (non-hydrogen) atoms. The van der Waals surface area contributed by atoms with E-state index in [0.717, 1.165) is 19.0 Å². The Morgan fingerprint density at radius 2 is 2.00 bits per heavy atom. The fourth-order valence-corrected chi connectivity index (χ4v) is 3.78. The molecule has 6 nitrogen and oxygen atoms in total. The quantitative estimate of drug-likeness (QED) is 0.489. The molecule has 1 aromatic carbocycles. The van der Waals surface area contributed by atoms with Crippen molar-refractivity contribution < 1.29 is 9.21 Å². The third-order valence-corrected chi connectivity index (χ3v) is 5.60. The summed E-state index contributed by atoms with van der Waals surface area (Å²) in [6.07, 6.45) is 2.39. The number of nitrogens with zero attached hydrogens (tertiary/aromatic N) is 1. The predicted octanol–water partition coefficient (Wildman–Crippen LogP) is 2.76. The molecule has 0 bridgehead atoms. The Kier molecular flexibility index (Phi) is 5.88. The average Bonchev–Trinajstić information content (AvgIpc) is 3.22. The van der Waals surface area contributed by atoms with Gasteiger partial charge in [-0.2, -0.15) is 0 Å². The molecule has 1 aromatic heterocycles. The number of hydrogen-bond acceptors (Lipinski definition) is 4. The maximum atomic E-state index is 11.1. The van der Waals surface area contributed by atoms with Crippen molar-refractivity contribution in [1.82, 2.24) is 10.6 Å². The number of amides is 1. The summed E-state index contributed by atoms with van der Waals surface area (Å²) in [7, 11) is 0. The van der Waals surface area contributed by atoms with Crippen molar-refractivity contribution in [2.45, 2.75) is 36.0 Å². The first-order valence-corrected chi connectivity index (χ1v) is 9.57. The molecule has 1 saturated carbocycles. The summed E-state index contributed by atoms with van der Waals surface area (Å²) in [4.78, 5) is 16.9. The van der Waals surface area contributed by atoms with Gasteiger partial charge in [0.05, 0.1) is 0 Å². The second-order valence-corrected chi connectivity index (χ2v) is 7.82. The molecule has 1 heterocycles. The SMILES string of the molecule is CCNC(=NCc1ccc(C(N)=O)o1)NCC1(Sc2ccccc2)CC1. The van der Waals surface area contributed by atoms with Crippen LogP contribution < -0.4 is 16.4 Å². The highest BCUT2D eigenvalue weighted by Gasteiger charge is 2.43. The van der Waals surface area contributed by atoms with E-state index in [4.69, 9.17) is 10.2 Å². The molecule has 2 aromatic rings. The van der Waals surface area contributed by atoms with Gasteiger partial charge in [0.2, 0.25) is 0 Å². The molecule has 7 heteroatoms. The van der Waals surface area contributed by atoms with Crippen molar-refractivity contribution in [3.8, 4) is 0 Å². The highest BCUT2D eigenvalue weighted by Crippen LogP contribution is 2.51. The van der Waals surface area contributed by atoms with Gasteiger partial charge in [-0.1, -0.05) is 18.2 Å². The lowest BCUT2D eigenvalue weighted by Gasteiger charge is -2.18. The first-order chi connectivity index (χ1) is 12.6. The van der Waals surface area contributed by atoms with Gasteiger partial charge >= 0.3 is 0 Å². The molecule has 1 aliphatic carbocycles. The van der Waals surface area contributed by atoms with Crippen molar-refractivity contribution in [3.05, 3.63) is 54.0 Å².